The Kier molecular flexibility index (Phi) is 3.29. The lowest BCUT2D eigenvalue weighted by Crippen LogP contribution is -1.96. The molecule has 0 atom stereocenters. The third kappa shape index (κ3) is 2.56. The summed E-state index contributed by atoms with van der Waals surface area (Å²) in [4.78, 5) is 4.26. The molecule has 1 heterocycles. The van der Waals surface area contributed by atoms with Crippen LogP contribution in [0.1, 0.15) is 11.4 Å². The zero-order valence-corrected chi connectivity index (χ0v) is 10.4. The molecule has 0 saturated heterocycles. The Morgan fingerprint density at radius 3 is 2.65 bits per heavy atom. The van der Waals surface area contributed by atoms with E-state index in [1.807, 2.05) is 30.7 Å². The SMILES string of the molecule is Cc1ccc(C=Nc2ccc(F)c(Cl)c2)n1C. The van der Waals surface area contributed by atoms with Gasteiger partial charge in [-0.15, -0.1) is 0 Å². The van der Waals surface area contributed by atoms with E-state index < -0.39 is 5.82 Å². The molecule has 4 heteroatoms. The average Bonchev–Trinajstić information content (AvgIpc) is 2.62. The van der Waals surface area contributed by atoms with Crippen LogP contribution in [0.4, 0.5) is 10.1 Å². The monoisotopic (exact) mass is 250 g/mol. The van der Waals surface area contributed by atoms with Crippen molar-refractivity contribution in [2.24, 2.45) is 12.0 Å². The van der Waals surface area contributed by atoms with Crippen LogP contribution in [-0.2, 0) is 7.05 Å². The molecule has 88 valence electrons. The van der Waals surface area contributed by atoms with E-state index in [2.05, 4.69) is 4.99 Å². The molecule has 0 amide bonds. The van der Waals surface area contributed by atoms with Crippen molar-refractivity contribution in [3.63, 3.8) is 0 Å². The fraction of sp³-hybridized carbons (Fsp3) is 0.154. The van der Waals surface area contributed by atoms with Crippen LogP contribution < -0.4 is 0 Å². The molecule has 0 fully saturated rings. The first kappa shape index (κ1) is 11.9. The summed E-state index contributed by atoms with van der Waals surface area (Å²) in [5.74, 6) is -0.430. The highest BCUT2D eigenvalue weighted by atomic mass is 35.5. The molecule has 0 aliphatic rings. The van der Waals surface area contributed by atoms with Gasteiger partial charge in [0.1, 0.15) is 5.82 Å². The summed E-state index contributed by atoms with van der Waals surface area (Å²) < 4.78 is 15.0. The second-order valence-corrected chi connectivity index (χ2v) is 4.22. The summed E-state index contributed by atoms with van der Waals surface area (Å²) in [5.41, 5.74) is 2.78. The van der Waals surface area contributed by atoms with Gasteiger partial charge >= 0.3 is 0 Å². The molecule has 0 saturated carbocycles. The Labute approximate surface area is 104 Å². The van der Waals surface area contributed by atoms with Gasteiger partial charge in [-0.25, -0.2) is 4.39 Å². The second kappa shape index (κ2) is 4.72. The summed E-state index contributed by atoms with van der Waals surface area (Å²) in [5, 5.41) is 0.0858. The highest BCUT2D eigenvalue weighted by Crippen LogP contribution is 2.21. The van der Waals surface area contributed by atoms with E-state index in [1.165, 1.54) is 12.1 Å². The first-order valence-electron chi connectivity index (χ1n) is 5.19. The van der Waals surface area contributed by atoms with Crippen LogP contribution in [0, 0.1) is 12.7 Å². The highest BCUT2D eigenvalue weighted by molar-refractivity contribution is 6.31. The van der Waals surface area contributed by atoms with Gasteiger partial charge in [0.05, 0.1) is 22.6 Å². The number of hydrogen-bond acceptors (Lipinski definition) is 1. The van der Waals surface area contributed by atoms with Crippen molar-refractivity contribution in [1.29, 1.82) is 0 Å². The molecule has 0 bridgehead atoms. The predicted molar refractivity (Wildman–Crippen MR) is 68.8 cm³/mol. The fourth-order valence-corrected chi connectivity index (χ4v) is 1.64. The number of halogens is 2. The van der Waals surface area contributed by atoms with Gasteiger partial charge < -0.3 is 4.57 Å². The molecule has 0 spiro atoms. The lowest BCUT2D eigenvalue weighted by atomic mass is 10.3. The predicted octanol–water partition coefficient (Wildman–Crippen LogP) is 3.88. The zero-order chi connectivity index (χ0) is 12.4. The maximum Gasteiger partial charge on any atom is 0.141 e. The third-order valence-electron chi connectivity index (χ3n) is 2.66. The van der Waals surface area contributed by atoms with Gasteiger partial charge in [0.15, 0.2) is 0 Å². The number of aryl methyl sites for hydroxylation is 1. The van der Waals surface area contributed by atoms with Crippen LogP contribution in [0.5, 0.6) is 0 Å². The maximum absolute atomic E-state index is 12.9. The maximum atomic E-state index is 12.9. The van der Waals surface area contributed by atoms with E-state index in [4.69, 9.17) is 11.6 Å². The lowest BCUT2D eigenvalue weighted by molar-refractivity contribution is 0.628. The lowest BCUT2D eigenvalue weighted by Gasteiger charge is -2.00. The number of aliphatic imine (C=N–C) groups is 1. The molecule has 2 aromatic rings. The Morgan fingerprint density at radius 1 is 1.29 bits per heavy atom. The van der Waals surface area contributed by atoms with Crippen LogP contribution >= 0.6 is 11.6 Å². The number of aromatic nitrogens is 1. The fourth-order valence-electron chi connectivity index (χ4n) is 1.47. The molecule has 1 aromatic heterocycles. The number of hydrogen-bond donors (Lipinski definition) is 0. The van der Waals surface area contributed by atoms with Crippen LogP contribution in [0.25, 0.3) is 0 Å². The molecular weight excluding hydrogens is 239 g/mol. The average molecular weight is 251 g/mol. The molecule has 0 aliphatic carbocycles. The van der Waals surface area contributed by atoms with E-state index in [0.29, 0.717) is 5.69 Å². The first-order valence-corrected chi connectivity index (χ1v) is 5.57. The van der Waals surface area contributed by atoms with Crippen molar-refractivity contribution in [1.82, 2.24) is 4.57 Å². The molecule has 1 aromatic carbocycles. The van der Waals surface area contributed by atoms with E-state index in [-0.39, 0.29) is 5.02 Å². The quantitative estimate of drug-likeness (QED) is 0.720. The Balaban J connectivity index is 2.26. The van der Waals surface area contributed by atoms with Crippen molar-refractivity contribution in [3.05, 3.63) is 52.6 Å². The smallest absolute Gasteiger partial charge is 0.141 e. The van der Waals surface area contributed by atoms with Crippen molar-refractivity contribution in [2.75, 3.05) is 0 Å². The minimum absolute atomic E-state index is 0.0858. The van der Waals surface area contributed by atoms with Gasteiger partial charge in [-0.3, -0.25) is 4.99 Å². The summed E-state index contributed by atoms with van der Waals surface area (Å²) in [6.07, 6.45) is 1.73. The molecular formula is C13H12ClFN2. The van der Waals surface area contributed by atoms with Crippen molar-refractivity contribution in [3.8, 4) is 0 Å². The Hall–Kier alpha value is -1.61. The molecule has 0 unspecified atom stereocenters. The van der Waals surface area contributed by atoms with Crippen molar-refractivity contribution >= 4 is 23.5 Å². The molecule has 17 heavy (non-hydrogen) atoms. The molecule has 0 radical (unpaired) electrons. The summed E-state index contributed by atoms with van der Waals surface area (Å²) in [6.45, 7) is 2.02. The second-order valence-electron chi connectivity index (χ2n) is 3.82. The van der Waals surface area contributed by atoms with Crippen molar-refractivity contribution < 1.29 is 4.39 Å². The molecule has 2 nitrogen and oxygen atoms in total. The minimum Gasteiger partial charge on any atom is -0.347 e. The van der Waals surface area contributed by atoms with E-state index >= 15 is 0 Å². The van der Waals surface area contributed by atoms with Crippen LogP contribution in [0.2, 0.25) is 5.02 Å². The van der Waals surface area contributed by atoms with E-state index in [0.717, 1.165) is 11.4 Å². The first-order chi connectivity index (χ1) is 8.08. The van der Waals surface area contributed by atoms with Gasteiger partial charge in [0.2, 0.25) is 0 Å². The number of rotatable bonds is 2. The third-order valence-corrected chi connectivity index (χ3v) is 2.95. The van der Waals surface area contributed by atoms with Gasteiger partial charge in [-0.1, -0.05) is 11.6 Å². The molecule has 0 N–H and O–H groups in total. The molecule has 0 aliphatic heterocycles. The van der Waals surface area contributed by atoms with Gasteiger partial charge in [-0.05, 0) is 37.3 Å². The largest absolute Gasteiger partial charge is 0.347 e. The standard InChI is InChI=1S/C13H12ClFN2/c1-9-3-5-11(17(9)2)8-16-10-4-6-13(15)12(14)7-10/h3-8H,1-2H3. The van der Waals surface area contributed by atoms with E-state index in [1.54, 1.807) is 12.3 Å². The van der Waals surface area contributed by atoms with Crippen molar-refractivity contribution in [2.45, 2.75) is 6.92 Å². The Morgan fingerprint density at radius 2 is 2.06 bits per heavy atom. The van der Waals surface area contributed by atoms with Gasteiger partial charge in [-0.2, -0.15) is 0 Å². The number of benzene rings is 1. The zero-order valence-electron chi connectivity index (χ0n) is 9.61. The number of nitrogens with zero attached hydrogens (tertiary/aromatic N) is 2. The van der Waals surface area contributed by atoms with Crippen LogP contribution in [0.15, 0.2) is 35.3 Å². The highest BCUT2D eigenvalue weighted by Gasteiger charge is 2.00. The van der Waals surface area contributed by atoms with E-state index in [9.17, 15) is 4.39 Å². The summed E-state index contributed by atoms with van der Waals surface area (Å²) in [6, 6.07) is 8.39. The normalized spacial score (nSPS) is 11.3. The van der Waals surface area contributed by atoms with Gasteiger partial charge in [0, 0.05) is 12.7 Å². The van der Waals surface area contributed by atoms with Crippen LogP contribution in [0.3, 0.4) is 0 Å². The van der Waals surface area contributed by atoms with Gasteiger partial charge in [0.25, 0.3) is 0 Å². The topological polar surface area (TPSA) is 17.3 Å². The van der Waals surface area contributed by atoms with Crippen LogP contribution in [-0.4, -0.2) is 10.8 Å². The Bertz CT molecular complexity index is 573. The summed E-state index contributed by atoms with van der Waals surface area (Å²) >= 11 is 5.68. The summed E-state index contributed by atoms with van der Waals surface area (Å²) in [7, 11) is 1.97. The molecule has 2 rings (SSSR count). The minimum atomic E-state index is -0.430.